The number of aromatic nitrogens is 3. The van der Waals surface area contributed by atoms with Crippen molar-refractivity contribution in [2.75, 3.05) is 45.2 Å². The lowest BCUT2D eigenvalue weighted by molar-refractivity contribution is -0.923. The van der Waals surface area contributed by atoms with Crippen LogP contribution in [0.25, 0.3) is 16.7 Å². The molecule has 0 aromatic carbocycles. The Hall–Kier alpha value is -3.04. The fourth-order valence-corrected chi connectivity index (χ4v) is 3.68. The molecule has 29 heavy (non-hydrogen) atoms. The Balaban J connectivity index is 1.88. The average molecular weight is 399 g/mol. The topological polar surface area (TPSA) is 104 Å². The third kappa shape index (κ3) is 3.66. The first kappa shape index (κ1) is 19.3. The normalized spacial score (nSPS) is 15.1. The highest BCUT2D eigenvalue weighted by Crippen LogP contribution is 2.15. The Labute approximate surface area is 167 Å². The Bertz CT molecular complexity index is 1120. The minimum atomic E-state index is -0.545. The third-order valence-corrected chi connectivity index (χ3v) is 5.24. The minimum Gasteiger partial charge on any atom is -0.462 e. The number of hydrogen-bond donors (Lipinski definition) is 2. The number of nitrogens with two attached hydrogens (primary N) is 1. The van der Waals surface area contributed by atoms with Crippen LogP contribution in [0.4, 0.5) is 5.82 Å². The molecule has 0 spiro atoms. The van der Waals surface area contributed by atoms with E-state index in [0.717, 1.165) is 32.8 Å². The van der Waals surface area contributed by atoms with E-state index in [0.29, 0.717) is 23.2 Å². The fraction of sp³-hybridized carbons (Fsp3) is 0.400. The lowest BCUT2D eigenvalue weighted by Gasteiger charge is -2.23. The number of carbonyl (C=O) groups excluding carboxylic acids is 1. The van der Waals surface area contributed by atoms with Crippen LogP contribution in [0.15, 0.2) is 35.3 Å². The van der Waals surface area contributed by atoms with E-state index in [-0.39, 0.29) is 23.5 Å². The number of hydrogen-bond acceptors (Lipinski definition) is 6. The van der Waals surface area contributed by atoms with E-state index in [1.54, 1.807) is 29.8 Å². The predicted octanol–water partition coefficient (Wildman–Crippen LogP) is -1.19. The van der Waals surface area contributed by atoms with Crippen LogP contribution in [0.2, 0.25) is 0 Å². The van der Waals surface area contributed by atoms with Crippen molar-refractivity contribution in [1.82, 2.24) is 9.38 Å². The zero-order chi connectivity index (χ0) is 20.4. The number of fused-ring (bicyclic) bond motifs is 2. The third-order valence-electron chi connectivity index (χ3n) is 5.24. The minimum absolute atomic E-state index is 0.186. The first-order valence-electron chi connectivity index (χ1n) is 9.82. The molecule has 4 heterocycles. The van der Waals surface area contributed by atoms with Crippen LogP contribution < -0.4 is 20.8 Å². The summed E-state index contributed by atoms with van der Waals surface area (Å²) < 4.78 is 13.8. The van der Waals surface area contributed by atoms with Crippen LogP contribution >= 0.6 is 0 Å². The Kier molecular flexibility index (Phi) is 5.41. The summed E-state index contributed by atoms with van der Waals surface area (Å²) in [5, 5.41) is 0.336. The zero-order valence-corrected chi connectivity index (χ0v) is 16.4. The van der Waals surface area contributed by atoms with Gasteiger partial charge in [0.25, 0.3) is 11.2 Å². The van der Waals surface area contributed by atoms with Gasteiger partial charge in [-0.3, -0.25) is 9.20 Å². The summed E-state index contributed by atoms with van der Waals surface area (Å²) in [4.78, 5) is 31.6. The van der Waals surface area contributed by atoms with Gasteiger partial charge in [0, 0.05) is 6.20 Å². The summed E-state index contributed by atoms with van der Waals surface area (Å²) in [6.07, 6.45) is 1.66. The summed E-state index contributed by atoms with van der Waals surface area (Å²) >= 11 is 0. The fourth-order valence-electron chi connectivity index (χ4n) is 3.68. The molecule has 4 rings (SSSR count). The van der Waals surface area contributed by atoms with Gasteiger partial charge in [-0.25, -0.2) is 9.36 Å². The maximum atomic E-state index is 13.1. The summed E-state index contributed by atoms with van der Waals surface area (Å²) in [6, 6.07) is 6.86. The van der Waals surface area contributed by atoms with Crippen molar-refractivity contribution >= 4 is 28.5 Å². The molecule has 1 aliphatic rings. The van der Waals surface area contributed by atoms with E-state index in [1.165, 1.54) is 15.4 Å². The molecule has 9 nitrogen and oxygen atoms in total. The Morgan fingerprint density at radius 3 is 2.93 bits per heavy atom. The van der Waals surface area contributed by atoms with Gasteiger partial charge in [0.1, 0.15) is 37.1 Å². The number of esters is 1. The highest BCUT2D eigenvalue weighted by molar-refractivity contribution is 5.96. The standard InChI is InChI=1S/C20H23N5O4/c1-2-29-20(27)14-13-15-18(22-16-5-3-4-6-24(16)19(15)26)25(17(14)21)8-7-23-9-11-28-12-10-23/h3-6,13,21H,2,7-12H2,1H3/p+2. The number of pyridine rings is 2. The SMILES string of the molecule is CCOC(=O)c1cc2c(=O)n3ccccc3nc2[n+](CC[NH+]2CCOCC2)c1N. The first-order chi connectivity index (χ1) is 14.1. The number of ether oxygens (including phenoxy) is 2. The Morgan fingerprint density at radius 2 is 2.17 bits per heavy atom. The van der Waals surface area contributed by atoms with Gasteiger partial charge in [0.15, 0.2) is 0 Å². The molecule has 152 valence electrons. The predicted molar refractivity (Wildman–Crippen MR) is 106 cm³/mol. The highest BCUT2D eigenvalue weighted by atomic mass is 16.5. The molecule has 0 amide bonds. The van der Waals surface area contributed by atoms with Gasteiger partial charge < -0.3 is 20.1 Å². The molecular formula is C20H25N5O4+2. The van der Waals surface area contributed by atoms with Crippen LogP contribution in [0.5, 0.6) is 0 Å². The molecule has 1 aliphatic heterocycles. The lowest BCUT2D eigenvalue weighted by atomic mass is 10.2. The second kappa shape index (κ2) is 8.14. The van der Waals surface area contributed by atoms with Crippen LogP contribution in [-0.4, -0.2) is 54.8 Å². The van der Waals surface area contributed by atoms with Gasteiger partial charge in [-0.2, -0.15) is 0 Å². The maximum absolute atomic E-state index is 13.1. The molecule has 3 aromatic rings. The average Bonchev–Trinajstić information content (AvgIpc) is 2.74. The second-order valence-electron chi connectivity index (χ2n) is 7.01. The van der Waals surface area contributed by atoms with Gasteiger partial charge in [-0.15, -0.1) is 0 Å². The molecule has 1 saturated heterocycles. The molecule has 9 heteroatoms. The molecule has 1 fully saturated rings. The van der Waals surface area contributed by atoms with Crippen molar-refractivity contribution in [3.05, 3.63) is 46.4 Å². The van der Waals surface area contributed by atoms with E-state index in [4.69, 9.17) is 15.2 Å². The number of nitrogen functional groups attached to an aromatic ring is 1. The van der Waals surface area contributed by atoms with Crippen molar-refractivity contribution in [2.24, 2.45) is 0 Å². The molecule has 3 aromatic heterocycles. The second-order valence-corrected chi connectivity index (χ2v) is 7.01. The molecular weight excluding hydrogens is 374 g/mol. The lowest BCUT2D eigenvalue weighted by Crippen LogP contribution is -3.14. The molecule has 0 aliphatic carbocycles. The van der Waals surface area contributed by atoms with Crippen molar-refractivity contribution in [1.29, 1.82) is 0 Å². The molecule has 0 bridgehead atoms. The molecule has 0 radical (unpaired) electrons. The number of quaternary nitrogens is 1. The van der Waals surface area contributed by atoms with Crippen molar-refractivity contribution in [2.45, 2.75) is 13.5 Å². The Morgan fingerprint density at radius 1 is 1.38 bits per heavy atom. The smallest absolute Gasteiger partial charge is 0.344 e. The number of anilines is 1. The number of rotatable bonds is 5. The van der Waals surface area contributed by atoms with E-state index < -0.39 is 5.97 Å². The van der Waals surface area contributed by atoms with Crippen molar-refractivity contribution in [3.8, 4) is 0 Å². The summed E-state index contributed by atoms with van der Waals surface area (Å²) in [7, 11) is 0. The summed E-state index contributed by atoms with van der Waals surface area (Å²) in [5.41, 5.74) is 7.31. The van der Waals surface area contributed by atoms with Crippen molar-refractivity contribution < 1.29 is 23.7 Å². The summed E-state index contributed by atoms with van der Waals surface area (Å²) in [5.74, 6) is -0.285. The van der Waals surface area contributed by atoms with E-state index in [2.05, 4.69) is 4.98 Å². The monoisotopic (exact) mass is 399 g/mol. The molecule has 0 unspecified atom stereocenters. The van der Waals surface area contributed by atoms with Crippen LogP contribution in [0, 0.1) is 0 Å². The van der Waals surface area contributed by atoms with Gasteiger partial charge in [-0.1, -0.05) is 11.1 Å². The van der Waals surface area contributed by atoms with Gasteiger partial charge in [-0.05, 0) is 25.1 Å². The van der Waals surface area contributed by atoms with Gasteiger partial charge in [0.2, 0.25) is 11.5 Å². The van der Waals surface area contributed by atoms with Crippen molar-refractivity contribution in [3.63, 3.8) is 0 Å². The van der Waals surface area contributed by atoms with Crippen LogP contribution in [0.1, 0.15) is 17.3 Å². The number of nitrogens with one attached hydrogen (secondary N) is 1. The summed E-state index contributed by atoms with van der Waals surface area (Å²) in [6.45, 7) is 6.55. The first-order valence-corrected chi connectivity index (χ1v) is 9.82. The van der Waals surface area contributed by atoms with E-state index in [1.807, 2.05) is 6.07 Å². The van der Waals surface area contributed by atoms with Crippen LogP contribution in [-0.2, 0) is 16.0 Å². The largest absolute Gasteiger partial charge is 0.462 e. The molecule has 0 saturated carbocycles. The number of carbonyl (C=O) groups is 1. The molecule has 3 N–H and O–H groups in total. The zero-order valence-electron chi connectivity index (χ0n) is 16.4. The van der Waals surface area contributed by atoms with E-state index >= 15 is 0 Å². The highest BCUT2D eigenvalue weighted by Gasteiger charge is 2.26. The van der Waals surface area contributed by atoms with Gasteiger partial charge in [0.05, 0.1) is 19.8 Å². The number of nitrogens with zero attached hydrogens (tertiary/aromatic N) is 3. The number of morpholine rings is 1. The van der Waals surface area contributed by atoms with Gasteiger partial charge >= 0.3 is 5.97 Å². The van der Waals surface area contributed by atoms with Crippen LogP contribution in [0.3, 0.4) is 0 Å². The maximum Gasteiger partial charge on any atom is 0.344 e. The molecule has 0 atom stereocenters. The van der Waals surface area contributed by atoms with E-state index in [9.17, 15) is 9.59 Å². The quantitative estimate of drug-likeness (QED) is 0.318.